The van der Waals surface area contributed by atoms with E-state index in [1.54, 1.807) is 0 Å². The van der Waals surface area contributed by atoms with Gasteiger partial charge in [-0.1, -0.05) is 5.10 Å². The molecule has 62 valence electrons. The summed E-state index contributed by atoms with van der Waals surface area (Å²) >= 11 is 0. The van der Waals surface area contributed by atoms with Gasteiger partial charge in [-0.2, -0.15) is 0 Å². The molecule has 0 saturated heterocycles. The number of aromatic nitrogens is 7. The molecule has 0 aliphatic carbocycles. The lowest BCUT2D eigenvalue weighted by Gasteiger charge is -1.69. The molecule has 0 aromatic carbocycles. The van der Waals surface area contributed by atoms with Gasteiger partial charge in [0.1, 0.15) is 19.0 Å². The topological polar surface area (TPSA) is 119 Å². The maximum atomic E-state index is 4.99. The Labute approximate surface area is 67.3 Å². The predicted octanol–water partition coefficient (Wildman–Crippen LogP) is -1.35. The summed E-state index contributed by atoms with van der Waals surface area (Å²) in [5, 5.41) is 11.9. The molecule has 0 radical (unpaired) electrons. The van der Waals surface area contributed by atoms with E-state index in [4.69, 9.17) is 5.73 Å². The molecule has 0 aliphatic heterocycles. The number of hydrogen-bond acceptors (Lipinski definition) is 7. The fraction of sp³-hybridized carbons (Fsp3) is 0. The smallest absolute Gasteiger partial charge is 0.237 e. The Hall–Kier alpha value is -2.12. The summed E-state index contributed by atoms with van der Waals surface area (Å²) in [6.45, 7) is 0. The summed E-state index contributed by atoms with van der Waals surface area (Å²) in [4.78, 5) is 10.7. The molecule has 12 heavy (non-hydrogen) atoms. The first-order valence-corrected chi connectivity index (χ1v) is 2.94. The normalized spacial score (nSPS) is 8.33. The number of rotatable bonds is 0. The van der Waals surface area contributed by atoms with E-state index >= 15 is 0 Å². The van der Waals surface area contributed by atoms with Gasteiger partial charge >= 0.3 is 0 Å². The fourth-order valence-electron chi connectivity index (χ4n) is 0.371. The van der Waals surface area contributed by atoms with Gasteiger partial charge in [-0.05, 0) is 10.4 Å². The summed E-state index contributed by atoms with van der Waals surface area (Å²) in [6.07, 6.45) is 4.31. The number of nitrogens with zero attached hydrogens (tertiary/aromatic N) is 6. The number of nitrogen functional groups attached to an aromatic ring is 1. The summed E-state index contributed by atoms with van der Waals surface area (Å²) < 4.78 is 0. The third-order valence-corrected chi connectivity index (χ3v) is 0.762. The predicted molar refractivity (Wildman–Crippen MR) is 38.4 cm³/mol. The number of nitrogens with one attached hydrogen (secondary N) is 1. The number of anilines is 1. The molecule has 2 aromatic heterocycles. The van der Waals surface area contributed by atoms with Gasteiger partial charge in [-0.3, -0.25) is 0 Å². The van der Waals surface area contributed by atoms with Crippen LogP contribution in [-0.4, -0.2) is 35.6 Å². The van der Waals surface area contributed by atoms with Crippen LogP contribution >= 0.6 is 0 Å². The van der Waals surface area contributed by atoms with Gasteiger partial charge < -0.3 is 5.73 Å². The first kappa shape index (κ1) is 7.98. The van der Waals surface area contributed by atoms with E-state index in [-0.39, 0.29) is 5.95 Å². The highest BCUT2D eigenvalue weighted by molar-refractivity contribution is 5.05. The molecule has 0 unspecified atom stereocenters. The average Bonchev–Trinajstić information content (AvgIpc) is 2.60. The zero-order valence-corrected chi connectivity index (χ0v) is 5.99. The minimum Gasteiger partial charge on any atom is -0.367 e. The number of nitrogens with two attached hydrogens (primary N) is 1. The van der Waals surface area contributed by atoms with Crippen molar-refractivity contribution in [3.05, 3.63) is 19.0 Å². The monoisotopic (exact) mass is 166 g/mol. The van der Waals surface area contributed by atoms with E-state index in [1.165, 1.54) is 19.0 Å². The average molecular weight is 166 g/mol. The van der Waals surface area contributed by atoms with E-state index in [0.29, 0.717) is 0 Å². The van der Waals surface area contributed by atoms with Crippen molar-refractivity contribution in [2.75, 3.05) is 5.73 Å². The number of hydrogen-bond donors (Lipinski definition) is 2. The van der Waals surface area contributed by atoms with E-state index in [0.717, 1.165) is 0 Å². The minimum atomic E-state index is 0.245. The van der Waals surface area contributed by atoms with Crippen molar-refractivity contribution < 1.29 is 0 Å². The van der Waals surface area contributed by atoms with Gasteiger partial charge in [0.15, 0.2) is 0 Å². The summed E-state index contributed by atoms with van der Waals surface area (Å²) in [5.41, 5.74) is 4.99. The fourth-order valence-corrected chi connectivity index (χ4v) is 0.371. The second kappa shape index (κ2) is 4.66. The number of H-pyrrole nitrogens is 1. The van der Waals surface area contributed by atoms with Crippen molar-refractivity contribution in [1.29, 1.82) is 0 Å². The van der Waals surface area contributed by atoms with Crippen LogP contribution in [0.2, 0.25) is 0 Å². The molecule has 0 saturated carbocycles. The summed E-state index contributed by atoms with van der Waals surface area (Å²) in [5.74, 6) is 0.245. The van der Waals surface area contributed by atoms with Crippen molar-refractivity contribution in [2.45, 2.75) is 0 Å². The largest absolute Gasteiger partial charge is 0.367 e. The van der Waals surface area contributed by atoms with Crippen LogP contribution in [0.5, 0.6) is 0 Å². The molecule has 8 heteroatoms. The summed E-state index contributed by atoms with van der Waals surface area (Å²) in [6, 6.07) is 0. The Morgan fingerprint density at radius 1 is 1.08 bits per heavy atom. The van der Waals surface area contributed by atoms with E-state index < -0.39 is 0 Å². The molecule has 0 atom stereocenters. The third-order valence-electron chi connectivity index (χ3n) is 0.762. The lowest BCUT2D eigenvalue weighted by Crippen LogP contribution is -1.84. The van der Waals surface area contributed by atoms with Gasteiger partial charge in [-0.25, -0.2) is 20.1 Å². The van der Waals surface area contributed by atoms with Crippen LogP contribution in [0.4, 0.5) is 5.95 Å². The van der Waals surface area contributed by atoms with Crippen LogP contribution in [0.25, 0.3) is 0 Å². The van der Waals surface area contributed by atoms with Crippen LogP contribution < -0.4 is 5.73 Å². The number of aromatic amines is 1. The van der Waals surface area contributed by atoms with E-state index in [9.17, 15) is 0 Å². The third kappa shape index (κ3) is 3.15. The second-order valence-corrected chi connectivity index (χ2v) is 1.58. The van der Waals surface area contributed by atoms with Crippen molar-refractivity contribution in [1.82, 2.24) is 35.6 Å². The van der Waals surface area contributed by atoms with Crippen LogP contribution in [0.15, 0.2) is 19.0 Å². The highest BCUT2D eigenvalue weighted by Crippen LogP contribution is 1.72. The van der Waals surface area contributed by atoms with E-state index in [1.807, 2.05) is 0 Å². The molecule has 0 aliphatic rings. The van der Waals surface area contributed by atoms with Crippen LogP contribution in [0.1, 0.15) is 0 Å². The number of tetrazole rings is 1. The first-order chi connectivity index (χ1) is 5.89. The molecule has 0 fully saturated rings. The maximum Gasteiger partial charge on any atom is 0.237 e. The molecule has 8 nitrogen and oxygen atoms in total. The Balaban J connectivity index is 0.000000120. The molecule has 3 N–H and O–H groups in total. The zero-order valence-electron chi connectivity index (χ0n) is 5.99. The van der Waals surface area contributed by atoms with Crippen LogP contribution in [-0.2, 0) is 0 Å². The van der Waals surface area contributed by atoms with Gasteiger partial charge in [0, 0.05) is 0 Å². The molecule has 0 spiro atoms. The van der Waals surface area contributed by atoms with Crippen LogP contribution in [0, 0.1) is 0 Å². The Kier molecular flexibility index (Phi) is 3.10. The van der Waals surface area contributed by atoms with Crippen molar-refractivity contribution in [3.63, 3.8) is 0 Å². The lowest BCUT2D eigenvalue weighted by atomic mass is 11.1. The van der Waals surface area contributed by atoms with E-state index in [2.05, 4.69) is 35.6 Å². The van der Waals surface area contributed by atoms with Gasteiger partial charge in [0.25, 0.3) is 0 Å². The molecule has 0 bridgehead atoms. The van der Waals surface area contributed by atoms with Gasteiger partial charge in [0.2, 0.25) is 5.95 Å². The highest BCUT2D eigenvalue weighted by Gasteiger charge is 1.77. The molecular weight excluding hydrogens is 160 g/mol. The maximum absolute atomic E-state index is 4.99. The molecule has 2 aromatic rings. The second-order valence-electron chi connectivity index (χ2n) is 1.58. The van der Waals surface area contributed by atoms with Gasteiger partial charge in [-0.15, -0.1) is 0 Å². The zero-order chi connectivity index (χ0) is 8.65. The van der Waals surface area contributed by atoms with Crippen LogP contribution in [0.3, 0.4) is 0 Å². The summed E-state index contributed by atoms with van der Waals surface area (Å²) in [7, 11) is 0. The minimum absolute atomic E-state index is 0.245. The Morgan fingerprint density at radius 2 is 1.67 bits per heavy atom. The standard InChI is InChI=1S/C3H3N3.CH3N5/c1-4-2-6-3-5-1;2-1-3-5-6-4-1/h1-3H;(H3,2,3,4,5,6). The highest BCUT2D eigenvalue weighted by atomic mass is 15.5. The van der Waals surface area contributed by atoms with Crippen molar-refractivity contribution in [2.24, 2.45) is 0 Å². The SMILES string of the molecule is Nc1nnn[nH]1.c1ncncn1. The quantitative estimate of drug-likeness (QED) is 0.496. The Morgan fingerprint density at radius 3 is 1.83 bits per heavy atom. The van der Waals surface area contributed by atoms with Crippen molar-refractivity contribution >= 4 is 5.95 Å². The van der Waals surface area contributed by atoms with Crippen molar-refractivity contribution in [3.8, 4) is 0 Å². The molecular formula is C4H6N8. The first-order valence-electron chi connectivity index (χ1n) is 2.94. The molecule has 2 rings (SSSR count). The van der Waals surface area contributed by atoms with Gasteiger partial charge in [0.05, 0.1) is 0 Å². The molecule has 0 amide bonds. The lowest BCUT2D eigenvalue weighted by molar-refractivity contribution is 0.881. The Bertz CT molecular complexity index is 250. The molecule has 2 heterocycles.